The third-order valence-corrected chi connectivity index (χ3v) is 6.57. The van der Waals surface area contributed by atoms with Gasteiger partial charge in [-0.05, 0) is 48.5 Å². The average molecular weight is 460 g/mol. The number of hydroxylamine groups is 2. The van der Waals surface area contributed by atoms with Crippen LogP contribution in [0.25, 0.3) is 0 Å². The monoisotopic (exact) mass is 459 g/mol. The maximum atomic E-state index is 10.9. The Morgan fingerprint density at radius 2 is 1.94 bits per heavy atom. The third kappa shape index (κ3) is 4.82. The molecule has 0 bridgehead atoms. The quantitative estimate of drug-likeness (QED) is 0.467. The molecule has 0 saturated carbocycles. The molecule has 2 fully saturated rings. The highest BCUT2D eigenvalue weighted by atomic mass is 32.1. The first-order chi connectivity index (χ1) is 14.3. The van der Waals surface area contributed by atoms with Gasteiger partial charge in [0.1, 0.15) is 18.8 Å². The van der Waals surface area contributed by atoms with Crippen LogP contribution < -0.4 is 15.0 Å². The summed E-state index contributed by atoms with van der Waals surface area (Å²) in [7, 11) is 0. The Labute approximate surface area is 188 Å². The molecule has 3 heterocycles. The van der Waals surface area contributed by atoms with E-state index in [2.05, 4.69) is 14.1 Å². The molecule has 0 amide bonds. The zero-order valence-corrected chi connectivity index (χ0v) is 20.3. The number of β-amino-alcohol motifs (C(OH)–C–C–N with tert-alkyl or cyclic N) is 1. The zero-order valence-electron chi connectivity index (χ0n) is 19.5. The van der Waals surface area contributed by atoms with Crippen LogP contribution in [0.4, 0.5) is 5.82 Å². The lowest BCUT2D eigenvalue weighted by atomic mass is 9.88. The summed E-state index contributed by atoms with van der Waals surface area (Å²) in [6, 6.07) is -0.242. The SMILES string of the molecule is CC(C)(C)NC[C@H](O)COc1nsnc1N1CC(CO)OC2C1C(C)(C)N(O)C2(C)C. The van der Waals surface area contributed by atoms with Gasteiger partial charge < -0.3 is 35.1 Å². The Morgan fingerprint density at radius 1 is 1.26 bits per heavy atom. The van der Waals surface area contributed by atoms with E-state index in [1.807, 2.05) is 53.4 Å². The van der Waals surface area contributed by atoms with Crippen LogP contribution in [0, 0.1) is 0 Å². The molecule has 31 heavy (non-hydrogen) atoms. The van der Waals surface area contributed by atoms with Crippen LogP contribution in [0.2, 0.25) is 0 Å². The van der Waals surface area contributed by atoms with Crippen molar-refractivity contribution in [1.29, 1.82) is 0 Å². The third-order valence-electron chi connectivity index (χ3n) is 6.07. The number of aliphatic hydroxyl groups excluding tert-OH is 2. The molecule has 0 radical (unpaired) electrons. The standard InChI is InChI=1S/C20H37N5O5S/c1-18(2,3)21-8-12(27)11-29-17-16(22-31-23-17)24-9-13(10-26)30-15-14(24)19(4,5)25(28)20(15,6)7/h12-15,21,26-28H,8-11H2,1-7H3/t12-,13?,14?,15?/m0/s1. The maximum Gasteiger partial charge on any atom is 0.270 e. The first-order valence-electron chi connectivity index (χ1n) is 10.7. The summed E-state index contributed by atoms with van der Waals surface area (Å²) in [5.41, 5.74) is -1.42. The first-order valence-corrected chi connectivity index (χ1v) is 11.4. The predicted molar refractivity (Wildman–Crippen MR) is 118 cm³/mol. The fourth-order valence-electron chi connectivity index (χ4n) is 4.53. The van der Waals surface area contributed by atoms with Gasteiger partial charge in [0, 0.05) is 18.6 Å². The van der Waals surface area contributed by atoms with Crippen molar-refractivity contribution < 1.29 is 24.9 Å². The molecule has 1 aromatic heterocycles. The lowest BCUT2D eigenvalue weighted by molar-refractivity contribution is -0.207. The number of ether oxygens (including phenoxy) is 2. The van der Waals surface area contributed by atoms with Gasteiger partial charge in [-0.15, -0.1) is 4.37 Å². The molecule has 10 nitrogen and oxygen atoms in total. The van der Waals surface area contributed by atoms with Crippen molar-refractivity contribution >= 4 is 17.5 Å². The highest BCUT2D eigenvalue weighted by molar-refractivity contribution is 6.99. The van der Waals surface area contributed by atoms with Crippen molar-refractivity contribution in [3.05, 3.63) is 0 Å². The number of hydrogen-bond acceptors (Lipinski definition) is 11. The van der Waals surface area contributed by atoms with Gasteiger partial charge in [0.2, 0.25) is 5.82 Å². The molecule has 0 aromatic carbocycles. The topological polar surface area (TPSA) is 123 Å². The summed E-state index contributed by atoms with van der Waals surface area (Å²) in [6.07, 6.45) is -1.50. The Bertz CT molecular complexity index is 753. The van der Waals surface area contributed by atoms with Gasteiger partial charge in [0.15, 0.2) is 0 Å². The Morgan fingerprint density at radius 3 is 2.55 bits per heavy atom. The van der Waals surface area contributed by atoms with E-state index in [-0.39, 0.29) is 30.9 Å². The van der Waals surface area contributed by atoms with Crippen molar-refractivity contribution in [1.82, 2.24) is 19.1 Å². The molecule has 2 saturated heterocycles. The van der Waals surface area contributed by atoms with E-state index in [0.29, 0.717) is 24.8 Å². The molecular weight excluding hydrogens is 422 g/mol. The van der Waals surface area contributed by atoms with Crippen molar-refractivity contribution in [2.24, 2.45) is 0 Å². The van der Waals surface area contributed by atoms with Crippen LogP contribution >= 0.6 is 11.7 Å². The van der Waals surface area contributed by atoms with Crippen molar-refractivity contribution in [3.63, 3.8) is 0 Å². The number of nitrogens with one attached hydrogen (secondary N) is 1. The summed E-state index contributed by atoms with van der Waals surface area (Å²) in [5.74, 6) is 0.874. The number of rotatable bonds is 7. The van der Waals surface area contributed by atoms with E-state index in [4.69, 9.17) is 9.47 Å². The van der Waals surface area contributed by atoms with E-state index < -0.39 is 23.3 Å². The molecule has 3 rings (SSSR count). The van der Waals surface area contributed by atoms with Crippen LogP contribution in [0.15, 0.2) is 0 Å². The summed E-state index contributed by atoms with van der Waals surface area (Å²) in [5, 5.41) is 35.6. The maximum absolute atomic E-state index is 10.9. The average Bonchev–Trinajstić information content (AvgIpc) is 3.21. The Kier molecular flexibility index (Phi) is 6.89. The second-order valence-corrected chi connectivity index (χ2v) is 11.1. The van der Waals surface area contributed by atoms with Crippen molar-refractivity contribution in [2.75, 3.05) is 31.2 Å². The van der Waals surface area contributed by atoms with E-state index in [0.717, 1.165) is 11.7 Å². The van der Waals surface area contributed by atoms with Gasteiger partial charge in [-0.25, -0.2) is 0 Å². The zero-order chi connectivity index (χ0) is 23.2. The Hall–Kier alpha value is -1.08. The molecule has 2 aliphatic heterocycles. The number of morpholine rings is 1. The van der Waals surface area contributed by atoms with Gasteiger partial charge in [-0.3, -0.25) is 0 Å². The van der Waals surface area contributed by atoms with Gasteiger partial charge >= 0.3 is 0 Å². The highest BCUT2D eigenvalue weighted by Gasteiger charge is 2.63. The number of aromatic nitrogens is 2. The van der Waals surface area contributed by atoms with E-state index in [9.17, 15) is 15.4 Å². The summed E-state index contributed by atoms with van der Waals surface area (Å²) >= 11 is 1.03. The van der Waals surface area contributed by atoms with Crippen LogP contribution in [0.1, 0.15) is 48.5 Å². The van der Waals surface area contributed by atoms with Crippen molar-refractivity contribution in [2.45, 2.75) is 89.4 Å². The number of fused-ring (bicyclic) bond motifs is 1. The van der Waals surface area contributed by atoms with Gasteiger partial charge in [0.05, 0.1) is 41.6 Å². The number of hydrogen-bond donors (Lipinski definition) is 4. The van der Waals surface area contributed by atoms with Gasteiger partial charge in [-0.1, -0.05) is 0 Å². The molecule has 2 aliphatic rings. The van der Waals surface area contributed by atoms with Crippen molar-refractivity contribution in [3.8, 4) is 5.88 Å². The molecule has 4 N–H and O–H groups in total. The fourth-order valence-corrected chi connectivity index (χ4v) is 5.04. The molecule has 3 unspecified atom stereocenters. The minimum absolute atomic E-state index is 0.0738. The molecule has 178 valence electrons. The summed E-state index contributed by atoms with van der Waals surface area (Å²) in [6.45, 7) is 14.6. The molecule has 4 atom stereocenters. The molecular formula is C20H37N5O5S. The normalized spacial score (nSPS) is 29.1. The first kappa shape index (κ1) is 24.6. The fraction of sp³-hybridized carbons (Fsp3) is 0.900. The van der Waals surface area contributed by atoms with Crippen LogP contribution in [-0.2, 0) is 4.74 Å². The second-order valence-electron chi connectivity index (χ2n) is 10.6. The number of nitrogens with zero attached hydrogens (tertiary/aromatic N) is 4. The van der Waals surface area contributed by atoms with E-state index >= 15 is 0 Å². The van der Waals surface area contributed by atoms with Crippen LogP contribution in [-0.4, -0.2) is 96.5 Å². The van der Waals surface area contributed by atoms with Gasteiger partial charge in [0.25, 0.3) is 5.88 Å². The number of anilines is 1. The van der Waals surface area contributed by atoms with Crippen LogP contribution in [0.5, 0.6) is 5.88 Å². The molecule has 0 spiro atoms. The molecule has 1 aromatic rings. The smallest absolute Gasteiger partial charge is 0.270 e. The predicted octanol–water partition coefficient (Wildman–Crippen LogP) is 0.863. The lowest BCUT2D eigenvalue weighted by Gasteiger charge is -2.46. The minimum Gasteiger partial charge on any atom is -0.472 e. The minimum atomic E-state index is -0.703. The van der Waals surface area contributed by atoms with E-state index in [1.165, 1.54) is 5.06 Å². The summed E-state index contributed by atoms with van der Waals surface area (Å²) in [4.78, 5) is 2.02. The Balaban J connectivity index is 1.81. The largest absolute Gasteiger partial charge is 0.472 e. The summed E-state index contributed by atoms with van der Waals surface area (Å²) < 4.78 is 20.8. The lowest BCUT2D eigenvalue weighted by Crippen LogP contribution is -2.62. The molecule has 0 aliphatic carbocycles. The molecule has 11 heteroatoms. The second kappa shape index (κ2) is 8.69. The van der Waals surface area contributed by atoms with Gasteiger partial charge in [-0.2, -0.15) is 9.44 Å². The van der Waals surface area contributed by atoms with Crippen LogP contribution in [0.3, 0.4) is 0 Å². The highest BCUT2D eigenvalue weighted by Crippen LogP contribution is 2.48. The number of aliphatic hydroxyl groups is 2. The van der Waals surface area contributed by atoms with E-state index in [1.54, 1.807) is 0 Å².